The monoisotopic (exact) mass is 351 g/mol. The Labute approximate surface area is 137 Å². The summed E-state index contributed by atoms with van der Waals surface area (Å²) in [6, 6.07) is 2.86. The Hall–Kier alpha value is -1.31. The number of hydrogen-bond donors (Lipinski definition) is 2. The first kappa shape index (κ1) is 18.0. The number of anilines is 1. The van der Waals surface area contributed by atoms with E-state index in [4.69, 9.17) is 16.3 Å². The highest BCUT2D eigenvalue weighted by molar-refractivity contribution is 6.33. The van der Waals surface area contributed by atoms with Crippen molar-refractivity contribution in [3.05, 3.63) is 28.8 Å². The van der Waals surface area contributed by atoms with E-state index in [-0.39, 0.29) is 35.4 Å². The van der Waals surface area contributed by atoms with Gasteiger partial charge in [0.15, 0.2) is 6.54 Å². The molecule has 128 valence electrons. The topological polar surface area (TPSA) is 42.8 Å². The average Bonchev–Trinajstić information content (AvgIpc) is 2.38. The molecule has 2 atom stereocenters. The SMILES string of the molecule is C[C@H]1C[NH+](CC(=O)Nc2cc(C(F)(F)F)ccc2Cl)C[C@H](C)O1. The molecule has 1 aliphatic rings. The second-order valence-electron chi connectivity index (χ2n) is 5.83. The Morgan fingerprint density at radius 2 is 1.96 bits per heavy atom. The quantitative estimate of drug-likeness (QED) is 0.874. The van der Waals surface area contributed by atoms with Crippen molar-refractivity contribution >= 4 is 23.2 Å². The lowest BCUT2D eigenvalue weighted by Crippen LogP contribution is -3.16. The van der Waals surface area contributed by atoms with Crippen molar-refractivity contribution in [1.82, 2.24) is 0 Å². The average molecular weight is 352 g/mol. The van der Waals surface area contributed by atoms with Crippen LogP contribution in [0.15, 0.2) is 18.2 Å². The summed E-state index contributed by atoms with van der Waals surface area (Å²) in [5.74, 6) is -0.373. The molecule has 0 unspecified atom stereocenters. The highest BCUT2D eigenvalue weighted by atomic mass is 35.5. The molecule has 23 heavy (non-hydrogen) atoms. The molecule has 0 aromatic heterocycles. The van der Waals surface area contributed by atoms with Crippen molar-refractivity contribution in [3.63, 3.8) is 0 Å². The molecule has 0 spiro atoms. The van der Waals surface area contributed by atoms with E-state index in [1.807, 2.05) is 13.8 Å². The zero-order chi connectivity index (χ0) is 17.2. The molecule has 0 aliphatic carbocycles. The van der Waals surface area contributed by atoms with E-state index in [0.29, 0.717) is 13.1 Å². The molecule has 4 nitrogen and oxygen atoms in total. The number of quaternary nitrogens is 1. The Kier molecular flexibility index (Phi) is 5.54. The Morgan fingerprint density at radius 1 is 1.35 bits per heavy atom. The molecular formula is C15H19ClF3N2O2+. The lowest BCUT2D eigenvalue weighted by molar-refractivity contribution is -0.907. The fourth-order valence-electron chi connectivity index (χ4n) is 2.75. The van der Waals surface area contributed by atoms with Crippen LogP contribution in [0.3, 0.4) is 0 Å². The third kappa shape index (κ3) is 5.09. The number of morpholine rings is 1. The van der Waals surface area contributed by atoms with Crippen LogP contribution in [0.2, 0.25) is 5.02 Å². The van der Waals surface area contributed by atoms with Crippen LogP contribution in [0.4, 0.5) is 18.9 Å². The van der Waals surface area contributed by atoms with Crippen LogP contribution < -0.4 is 10.2 Å². The smallest absolute Gasteiger partial charge is 0.364 e. The van der Waals surface area contributed by atoms with Crippen LogP contribution >= 0.6 is 11.6 Å². The largest absolute Gasteiger partial charge is 0.416 e. The number of nitrogens with one attached hydrogen (secondary N) is 2. The second kappa shape index (κ2) is 7.07. The minimum absolute atomic E-state index is 0.0275. The highest BCUT2D eigenvalue weighted by Crippen LogP contribution is 2.33. The van der Waals surface area contributed by atoms with Crippen molar-refractivity contribution in [1.29, 1.82) is 0 Å². The highest BCUT2D eigenvalue weighted by Gasteiger charge is 2.31. The van der Waals surface area contributed by atoms with Gasteiger partial charge in [0, 0.05) is 0 Å². The van der Waals surface area contributed by atoms with Crippen LogP contribution in [-0.4, -0.2) is 37.7 Å². The van der Waals surface area contributed by atoms with E-state index in [1.165, 1.54) is 0 Å². The van der Waals surface area contributed by atoms with Gasteiger partial charge >= 0.3 is 6.18 Å². The van der Waals surface area contributed by atoms with Crippen LogP contribution in [0, 0.1) is 0 Å². The van der Waals surface area contributed by atoms with Gasteiger partial charge < -0.3 is 15.0 Å². The number of rotatable bonds is 3. The maximum absolute atomic E-state index is 12.7. The normalized spacial score (nSPS) is 25.2. The summed E-state index contributed by atoms with van der Waals surface area (Å²) in [6.07, 6.45) is -4.40. The molecule has 8 heteroatoms. The number of carbonyl (C=O) groups is 1. The summed E-state index contributed by atoms with van der Waals surface area (Å²) in [4.78, 5) is 13.1. The van der Waals surface area contributed by atoms with Crippen molar-refractivity contribution in [2.45, 2.75) is 32.2 Å². The zero-order valence-electron chi connectivity index (χ0n) is 12.8. The second-order valence-corrected chi connectivity index (χ2v) is 6.24. The summed E-state index contributed by atoms with van der Waals surface area (Å²) in [5, 5.41) is 2.54. The lowest BCUT2D eigenvalue weighted by Gasteiger charge is -2.31. The lowest BCUT2D eigenvalue weighted by atomic mass is 10.2. The number of ether oxygens (including phenoxy) is 1. The summed E-state index contributed by atoms with van der Waals surface area (Å²) < 4.78 is 43.8. The fraction of sp³-hybridized carbons (Fsp3) is 0.533. The molecule has 0 saturated carbocycles. The van der Waals surface area contributed by atoms with Gasteiger partial charge in [0.05, 0.1) is 16.3 Å². The van der Waals surface area contributed by atoms with E-state index >= 15 is 0 Å². The van der Waals surface area contributed by atoms with Gasteiger partial charge in [-0.25, -0.2) is 0 Å². The first-order chi connectivity index (χ1) is 10.6. The molecule has 1 fully saturated rings. The van der Waals surface area contributed by atoms with Gasteiger partial charge in [-0.2, -0.15) is 13.2 Å². The predicted octanol–water partition coefficient (Wildman–Crippen LogP) is 1.99. The minimum atomic E-state index is -4.48. The summed E-state index contributed by atoms with van der Waals surface area (Å²) in [7, 11) is 0. The number of carbonyl (C=O) groups excluding carboxylic acids is 1. The maximum atomic E-state index is 12.7. The van der Waals surface area contributed by atoms with Gasteiger partial charge in [0.2, 0.25) is 0 Å². The fourth-order valence-corrected chi connectivity index (χ4v) is 2.92. The van der Waals surface area contributed by atoms with E-state index in [9.17, 15) is 18.0 Å². The molecule has 0 radical (unpaired) electrons. The molecular weight excluding hydrogens is 333 g/mol. The third-order valence-electron chi connectivity index (χ3n) is 3.60. The predicted molar refractivity (Wildman–Crippen MR) is 80.7 cm³/mol. The van der Waals surface area contributed by atoms with Crippen LogP contribution in [-0.2, 0) is 15.7 Å². The maximum Gasteiger partial charge on any atom is 0.416 e. The van der Waals surface area contributed by atoms with Crippen molar-refractivity contribution in [2.24, 2.45) is 0 Å². The minimum Gasteiger partial charge on any atom is -0.364 e. The van der Waals surface area contributed by atoms with Crippen molar-refractivity contribution in [2.75, 3.05) is 25.0 Å². The van der Waals surface area contributed by atoms with E-state index in [2.05, 4.69) is 5.32 Å². The van der Waals surface area contributed by atoms with E-state index in [0.717, 1.165) is 23.1 Å². The van der Waals surface area contributed by atoms with Crippen molar-refractivity contribution < 1.29 is 27.6 Å². The Balaban J connectivity index is 2.02. The molecule has 1 heterocycles. The molecule has 1 aliphatic heterocycles. The number of halogens is 4. The number of benzene rings is 1. The molecule has 2 N–H and O–H groups in total. The van der Waals surface area contributed by atoms with Crippen LogP contribution in [0.25, 0.3) is 0 Å². The van der Waals surface area contributed by atoms with E-state index in [1.54, 1.807) is 0 Å². The zero-order valence-corrected chi connectivity index (χ0v) is 13.6. The molecule has 2 rings (SSSR count). The third-order valence-corrected chi connectivity index (χ3v) is 3.92. The summed E-state index contributed by atoms with van der Waals surface area (Å²) in [6.45, 7) is 5.36. The molecule has 1 aromatic rings. The van der Waals surface area contributed by atoms with Gasteiger partial charge in [0.1, 0.15) is 25.3 Å². The summed E-state index contributed by atoms with van der Waals surface area (Å²) in [5.41, 5.74) is -0.876. The molecule has 1 aromatic carbocycles. The van der Waals surface area contributed by atoms with Gasteiger partial charge in [0.25, 0.3) is 5.91 Å². The van der Waals surface area contributed by atoms with Gasteiger partial charge in [-0.1, -0.05) is 11.6 Å². The van der Waals surface area contributed by atoms with E-state index < -0.39 is 11.7 Å². The number of alkyl halides is 3. The van der Waals surface area contributed by atoms with Gasteiger partial charge in [-0.05, 0) is 32.0 Å². The number of amides is 1. The van der Waals surface area contributed by atoms with Crippen LogP contribution in [0.5, 0.6) is 0 Å². The standard InChI is InChI=1S/C15H18ClF3N2O2/c1-9-6-21(7-10(2)23-9)8-14(22)20-13-5-11(15(17,18)19)3-4-12(13)16/h3-5,9-10H,6-8H2,1-2H3,(H,20,22)/p+1/t9-,10-/m0/s1. The molecule has 1 amide bonds. The first-order valence-corrected chi connectivity index (χ1v) is 7.68. The number of hydrogen-bond acceptors (Lipinski definition) is 2. The molecule has 0 bridgehead atoms. The Bertz CT molecular complexity index is 570. The van der Waals surface area contributed by atoms with Gasteiger partial charge in [-0.15, -0.1) is 0 Å². The summed E-state index contributed by atoms with van der Waals surface area (Å²) >= 11 is 5.87. The van der Waals surface area contributed by atoms with Crippen molar-refractivity contribution in [3.8, 4) is 0 Å². The first-order valence-electron chi connectivity index (χ1n) is 7.30. The Morgan fingerprint density at radius 3 is 2.52 bits per heavy atom. The van der Waals surface area contributed by atoms with Crippen LogP contribution in [0.1, 0.15) is 19.4 Å². The molecule has 1 saturated heterocycles. The van der Waals surface area contributed by atoms with Gasteiger partial charge in [-0.3, -0.25) is 4.79 Å².